The van der Waals surface area contributed by atoms with Crippen molar-refractivity contribution in [1.29, 1.82) is 0 Å². The molecule has 1 aromatic carbocycles. The predicted octanol–water partition coefficient (Wildman–Crippen LogP) is 2.11. The van der Waals surface area contributed by atoms with Crippen molar-refractivity contribution in [3.05, 3.63) is 23.8 Å². The van der Waals surface area contributed by atoms with Crippen LogP contribution in [-0.2, 0) is 0 Å². The van der Waals surface area contributed by atoms with Crippen LogP contribution >= 0.6 is 0 Å². The third-order valence-electron chi connectivity index (χ3n) is 2.62. The highest BCUT2D eigenvalue weighted by Gasteiger charge is 2.18. The van der Waals surface area contributed by atoms with Gasteiger partial charge in [-0.1, -0.05) is 20.8 Å². The zero-order valence-electron chi connectivity index (χ0n) is 11.9. The molecule has 4 heteroatoms. The number of nitrogens with zero attached hydrogens (tertiary/aromatic N) is 1. The fourth-order valence-corrected chi connectivity index (χ4v) is 1.99. The van der Waals surface area contributed by atoms with Crippen molar-refractivity contribution in [1.82, 2.24) is 5.32 Å². The summed E-state index contributed by atoms with van der Waals surface area (Å²) in [7, 11) is 3.61. The van der Waals surface area contributed by atoms with Crippen LogP contribution in [0.2, 0.25) is 0 Å². The van der Waals surface area contributed by atoms with Crippen molar-refractivity contribution in [3.63, 3.8) is 0 Å². The second kappa shape index (κ2) is 5.29. The Morgan fingerprint density at radius 2 is 2.00 bits per heavy atom. The number of nitrogen functional groups attached to an aromatic ring is 1. The van der Waals surface area contributed by atoms with E-state index in [0.717, 1.165) is 12.2 Å². The van der Waals surface area contributed by atoms with E-state index in [1.807, 2.05) is 13.1 Å². The van der Waals surface area contributed by atoms with E-state index < -0.39 is 0 Å². The first-order valence-electron chi connectivity index (χ1n) is 6.07. The van der Waals surface area contributed by atoms with Gasteiger partial charge in [-0.15, -0.1) is 0 Å². The van der Waals surface area contributed by atoms with E-state index in [1.165, 1.54) is 0 Å². The van der Waals surface area contributed by atoms with E-state index in [0.29, 0.717) is 11.3 Å². The second-order valence-corrected chi connectivity index (χ2v) is 5.77. The number of benzene rings is 1. The first-order chi connectivity index (χ1) is 8.24. The van der Waals surface area contributed by atoms with Gasteiger partial charge >= 0.3 is 0 Å². The summed E-state index contributed by atoms with van der Waals surface area (Å²) < 4.78 is 0. The Morgan fingerprint density at radius 1 is 1.39 bits per heavy atom. The summed E-state index contributed by atoms with van der Waals surface area (Å²) in [4.78, 5) is 13.9. The van der Waals surface area contributed by atoms with Gasteiger partial charge in [-0.3, -0.25) is 4.79 Å². The van der Waals surface area contributed by atoms with E-state index in [2.05, 4.69) is 31.0 Å². The fourth-order valence-electron chi connectivity index (χ4n) is 1.99. The Kier molecular flexibility index (Phi) is 4.22. The summed E-state index contributed by atoms with van der Waals surface area (Å²) in [5.41, 5.74) is 8.15. The third kappa shape index (κ3) is 3.65. The highest BCUT2D eigenvalue weighted by molar-refractivity contribution is 6.00. The van der Waals surface area contributed by atoms with Crippen LogP contribution in [-0.4, -0.2) is 26.5 Å². The van der Waals surface area contributed by atoms with Crippen molar-refractivity contribution in [3.8, 4) is 0 Å². The lowest BCUT2D eigenvalue weighted by atomic mass is 9.95. The molecule has 0 saturated heterocycles. The van der Waals surface area contributed by atoms with Crippen LogP contribution in [0, 0.1) is 5.41 Å². The van der Waals surface area contributed by atoms with Gasteiger partial charge in [0.1, 0.15) is 0 Å². The maximum atomic E-state index is 11.8. The summed E-state index contributed by atoms with van der Waals surface area (Å²) in [5.74, 6) is -0.0919. The van der Waals surface area contributed by atoms with Crippen LogP contribution in [0.1, 0.15) is 31.1 Å². The average Bonchev–Trinajstić information content (AvgIpc) is 2.25. The number of rotatable bonds is 3. The highest BCUT2D eigenvalue weighted by atomic mass is 16.1. The molecule has 0 fully saturated rings. The Balaban J connectivity index is 3.12. The summed E-state index contributed by atoms with van der Waals surface area (Å²) in [6.45, 7) is 7.33. The summed E-state index contributed by atoms with van der Waals surface area (Å²) >= 11 is 0. The van der Waals surface area contributed by atoms with Gasteiger partial charge in [-0.25, -0.2) is 0 Å². The second-order valence-electron chi connectivity index (χ2n) is 5.77. The van der Waals surface area contributed by atoms with Gasteiger partial charge < -0.3 is 16.0 Å². The highest BCUT2D eigenvalue weighted by Crippen LogP contribution is 2.26. The van der Waals surface area contributed by atoms with Gasteiger partial charge in [-0.05, 0) is 23.6 Å². The summed E-state index contributed by atoms with van der Waals surface area (Å²) in [6, 6.07) is 5.36. The Labute approximate surface area is 109 Å². The molecule has 0 radical (unpaired) electrons. The molecule has 0 saturated carbocycles. The van der Waals surface area contributed by atoms with Gasteiger partial charge in [0.2, 0.25) is 0 Å². The molecule has 0 aliphatic rings. The van der Waals surface area contributed by atoms with Gasteiger partial charge in [0.25, 0.3) is 5.91 Å². The number of hydrogen-bond acceptors (Lipinski definition) is 3. The molecule has 0 aromatic heterocycles. The normalized spacial score (nSPS) is 11.2. The predicted molar refractivity (Wildman–Crippen MR) is 77.0 cm³/mol. The van der Waals surface area contributed by atoms with Crippen LogP contribution in [0.25, 0.3) is 0 Å². The number of anilines is 2. The van der Waals surface area contributed by atoms with Crippen molar-refractivity contribution < 1.29 is 4.79 Å². The Bertz CT molecular complexity index is 435. The first kappa shape index (κ1) is 14.4. The van der Waals surface area contributed by atoms with E-state index >= 15 is 0 Å². The lowest BCUT2D eigenvalue weighted by Crippen LogP contribution is -2.31. The van der Waals surface area contributed by atoms with Gasteiger partial charge in [0.15, 0.2) is 0 Å². The van der Waals surface area contributed by atoms with Gasteiger partial charge in [-0.2, -0.15) is 0 Å². The monoisotopic (exact) mass is 249 g/mol. The Morgan fingerprint density at radius 3 is 2.50 bits per heavy atom. The molecule has 18 heavy (non-hydrogen) atoms. The third-order valence-corrected chi connectivity index (χ3v) is 2.62. The summed E-state index contributed by atoms with van der Waals surface area (Å²) in [6.07, 6.45) is 0. The van der Waals surface area contributed by atoms with E-state index in [-0.39, 0.29) is 11.3 Å². The van der Waals surface area contributed by atoms with Gasteiger partial charge in [0.05, 0.1) is 11.3 Å². The van der Waals surface area contributed by atoms with Crippen molar-refractivity contribution >= 4 is 17.3 Å². The summed E-state index contributed by atoms with van der Waals surface area (Å²) in [5, 5.41) is 2.65. The smallest absolute Gasteiger partial charge is 0.253 e. The molecule has 1 amide bonds. The zero-order chi connectivity index (χ0) is 13.9. The minimum Gasteiger partial charge on any atom is -0.399 e. The van der Waals surface area contributed by atoms with Gasteiger partial charge in [0, 0.05) is 26.3 Å². The first-order valence-corrected chi connectivity index (χ1v) is 6.07. The van der Waals surface area contributed by atoms with Crippen LogP contribution in [0.3, 0.4) is 0 Å². The molecule has 1 aromatic rings. The number of carbonyl (C=O) groups excluding carboxylic acids is 1. The molecule has 0 aliphatic heterocycles. The van der Waals surface area contributed by atoms with Crippen molar-refractivity contribution in [2.24, 2.45) is 5.41 Å². The number of carbonyl (C=O) groups is 1. The fraction of sp³-hybridized carbons (Fsp3) is 0.500. The molecule has 0 unspecified atom stereocenters. The van der Waals surface area contributed by atoms with Crippen LogP contribution < -0.4 is 16.0 Å². The SMILES string of the molecule is CNC(=O)c1ccc(N)cc1N(C)CC(C)(C)C. The lowest BCUT2D eigenvalue weighted by Gasteiger charge is -2.29. The van der Waals surface area contributed by atoms with Crippen LogP contribution in [0.5, 0.6) is 0 Å². The number of amides is 1. The Hall–Kier alpha value is -1.71. The molecular weight excluding hydrogens is 226 g/mol. The molecule has 3 N–H and O–H groups in total. The molecule has 0 bridgehead atoms. The molecule has 1 rings (SSSR count). The van der Waals surface area contributed by atoms with E-state index in [9.17, 15) is 4.79 Å². The quantitative estimate of drug-likeness (QED) is 0.807. The molecular formula is C14H23N3O. The zero-order valence-corrected chi connectivity index (χ0v) is 11.9. The molecule has 0 atom stereocenters. The molecule has 4 nitrogen and oxygen atoms in total. The number of nitrogens with two attached hydrogens (primary N) is 1. The van der Waals surface area contributed by atoms with Crippen molar-refractivity contribution in [2.45, 2.75) is 20.8 Å². The molecule has 100 valence electrons. The molecule has 0 spiro atoms. The van der Waals surface area contributed by atoms with E-state index in [4.69, 9.17) is 5.73 Å². The average molecular weight is 249 g/mol. The van der Waals surface area contributed by atoms with Crippen LogP contribution in [0.4, 0.5) is 11.4 Å². The molecule has 0 heterocycles. The topological polar surface area (TPSA) is 58.4 Å². The lowest BCUT2D eigenvalue weighted by molar-refractivity contribution is 0.0963. The minimum atomic E-state index is -0.0919. The van der Waals surface area contributed by atoms with Crippen LogP contribution in [0.15, 0.2) is 18.2 Å². The van der Waals surface area contributed by atoms with Crippen molar-refractivity contribution in [2.75, 3.05) is 31.3 Å². The number of nitrogens with one attached hydrogen (secondary N) is 1. The largest absolute Gasteiger partial charge is 0.399 e. The minimum absolute atomic E-state index is 0.0919. The standard InChI is InChI=1S/C14H23N3O/c1-14(2,3)9-17(5)12-8-10(15)6-7-11(12)13(18)16-4/h6-8H,9,15H2,1-5H3,(H,16,18). The maximum Gasteiger partial charge on any atom is 0.253 e. The van der Waals surface area contributed by atoms with E-state index in [1.54, 1.807) is 19.2 Å². The molecule has 0 aliphatic carbocycles. The number of hydrogen-bond donors (Lipinski definition) is 2. The maximum absolute atomic E-state index is 11.8.